The summed E-state index contributed by atoms with van der Waals surface area (Å²) in [5.74, 6) is -0.111. The number of hydrogen-bond acceptors (Lipinski definition) is 5. The molecule has 1 saturated heterocycles. The molecule has 1 fully saturated rings. The van der Waals surface area contributed by atoms with Crippen LogP contribution in [0.5, 0.6) is 0 Å². The molecule has 3 rings (SSSR count). The van der Waals surface area contributed by atoms with E-state index in [1.54, 1.807) is 10.9 Å². The molecule has 0 saturated carbocycles. The molecule has 156 valence electrons. The van der Waals surface area contributed by atoms with E-state index >= 15 is 0 Å². The van der Waals surface area contributed by atoms with E-state index in [4.69, 9.17) is 5.73 Å². The van der Waals surface area contributed by atoms with Crippen molar-refractivity contribution in [2.75, 3.05) is 19.6 Å². The third kappa shape index (κ3) is 5.12. The minimum absolute atomic E-state index is 0. The van der Waals surface area contributed by atoms with Crippen LogP contribution in [0.2, 0.25) is 0 Å². The van der Waals surface area contributed by atoms with Crippen molar-refractivity contribution in [1.29, 1.82) is 0 Å². The van der Waals surface area contributed by atoms with E-state index in [0.717, 1.165) is 36.0 Å². The number of rotatable bonds is 5. The minimum atomic E-state index is -0.0699. The first-order valence-electron chi connectivity index (χ1n) is 9.08. The lowest BCUT2D eigenvalue weighted by Crippen LogP contribution is -2.49. The number of carbonyl (C=O) groups excluding carboxylic acids is 2. The van der Waals surface area contributed by atoms with E-state index in [-0.39, 0.29) is 42.7 Å². The zero-order valence-corrected chi connectivity index (χ0v) is 17.8. The van der Waals surface area contributed by atoms with Crippen molar-refractivity contribution in [2.24, 2.45) is 12.8 Å². The summed E-state index contributed by atoms with van der Waals surface area (Å²) in [5.41, 5.74) is 7.60. The van der Waals surface area contributed by atoms with Gasteiger partial charge in [0, 0.05) is 50.7 Å². The SMILES string of the molecule is Cc1nn(C)c2ncc(C(=O)N3CCCCC3CNC(=O)CCN)cc12.Cl.Cl. The summed E-state index contributed by atoms with van der Waals surface area (Å²) in [4.78, 5) is 31.0. The van der Waals surface area contributed by atoms with Gasteiger partial charge in [0.1, 0.15) is 0 Å². The van der Waals surface area contributed by atoms with Gasteiger partial charge < -0.3 is 16.0 Å². The van der Waals surface area contributed by atoms with Crippen molar-refractivity contribution in [3.63, 3.8) is 0 Å². The standard InChI is InChI=1S/C18H26N6O2.2ClH/c1-12-15-9-13(10-21-17(15)23(2)22-12)18(26)24-8-4-3-5-14(24)11-20-16(25)6-7-19;;/h9-10,14H,3-8,11,19H2,1-2H3,(H,20,25);2*1H. The van der Waals surface area contributed by atoms with E-state index in [9.17, 15) is 9.59 Å². The average molecular weight is 431 g/mol. The van der Waals surface area contributed by atoms with Gasteiger partial charge >= 0.3 is 0 Å². The highest BCUT2D eigenvalue weighted by molar-refractivity contribution is 5.97. The number of hydrogen-bond donors (Lipinski definition) is 2. The number of nitrogens with one attached hydrogen (secondary N) is 1. The molecule has 2 amide bonds. The quantitative estimate of drug-likeness (QED) is 0.748. The molecule has 1 atom stereocenters. The Morgan fingerprint density at radius 2 is 2.07 bits per heavy atom. The van der Waals surface area contributed by atoms with Crippen molar-refractivity contribution < 1.29 is 9.59 Å². The van der Waals surface area contributed by atoms with Gasteiger partial charge in [-0.2, -0.15) is 5.10 Å². The van der Waals surface area contributed by atoms with Gasteiger partial charge in [-0.15, -0.1) is 24.8 Å². The fourth-order valence-electron chi connectivity index (χ4n) is 3.52. The number of aromatic nitrogens is 3. The molecule has 10 heteroatoms. The van der Waals surface area contributed by atoms with Gasteiger partial charge in [0.15, 0.2) is 5.65 Å². The lowest BCUT2D eigenvalue weighted by atomic mass is 10.0. The summed E-state index contributed by atoms with van der Waals surface area (Å²) >= 11 is 0. The molecule has 1 aliphatic rings. The Morgan fingerprint density at radius 3 is 2.79 bits per heavy atom. The zero-order chi connectivity index (χ0) is 18.7. The third-order valence-corrected chi connectivity index (χ3v) is 4.90. The maximum Gasteiger partial charge on any atom is 0.255 e. The molecular weight excluding hydrogens is 403 g/mol. The second kappa shape index (κ2) is 10.6. The number of nitrogens with zero attached hydrogens (tertiary/aromatic N) is 4. The van der Waals surface area contributed by atoms with Crippen LogP contribution in [0.1, 0.15) is 41.7 Å². The molecule has 1 aliphatic heterocycles. The van der Waals surface area contributed by atoms with E-state index < -0.39 is 0 Å². The smallest absolute Gasteiger partial charge is 0.255 e. The van der Waals surface area contributed by atoms with Crippen molar-refractivity contribution in [3.05, 3.63) is 23.5 Å². The third-order valence-electron chi connectivity index (χ3n) is 4.90. The molecule has 0 aromatic carbocycles. The Labute approximate surface area is 177 Å². The Hall–Kier alpha value is -1.90. The van der Waals surface area contributed by atoms with E-state index in [0.29, 0.717) is 31.6 Å². The van der Waals surface area contributed by atoms with Crippen LogP contribution < -0.4 is 11.1 Å². The Kier molecular flexibility index (Phi) is 9.13. The fourth-order valence-corrected chi connectivity index (χ4v) is 3.52. The molecule has 2 aromatic heterocycles. The van der Waals surface area contributed by atoms with Crippen molar-refractivity contribution >= 4 is 47.7 Å². The first kappa shape index (κ1) is 24.1. The van der Waals surface area contributed by atoms with Gasteiger partial charge in [-0.3, -0.25) is 14.3 Å². The fraction of sp³-hybridized carbons (Fsp3) is 0.556. The largest absolute Gasteiger partial charge is 0.354 e. The molecule has 28 heavy (non-hydrogen) atoms. The Bertz CT molecular complexity index is 826. The number of piperidine rings is 1. The highest BCUT2D eigenvalue weighted by Gasteiger charge is 2.28. The molecular formula is C18H28Cl2N6O2. The molecule has 1 unspecified atom stereocenters. The lowest BCUT2D eigenvalue weighted by Gasteiger charge is -2.36. The Balaban J connectivity index is 0.00000196. The van der Waals surface area contributed by atoms with Crippen LogP contribution in [0, 0.1) is 6.92 Å². The monoisotopic (exact) mass is 430 g/mol. The van der Waals surface area contributed by atoms with Gasteiger partial charge in [-0.25, -0.2) is 4.98 Å². The van der Waals surface area contributed by atoms with Gasteiger partial charge in [0.05, 0.1) is 11.3 Å². The molecule has 3 N–H and O–H groups in total. The number of amides is 2. The summed E-state index contributed by atoms with van der Waals surface area (Å²) in [6.07, 6.45) is 4.84. The number of aryl methyl sites for hydroxylation is 2. The van der Waals surface area contributed by atoms with Crippen molar-refractivity contribution in [1.82, 2.24) is 25.0 Å². The second-order valence-electron chi connectivity index (χ2n) is 6.80. The number of pyridine rings is 1. The van der Waals surface area contributed by atoms with Gasteiger partial charge in [0.25, 0.3) is 5.91 Å². The van der Waals surface area contributed by atoms with Gasteiger partial charge in [-0.05, 0) is 32.3 Å². The van der Waals surface area contributed by atoms with Crippen LogP contribution in [-0.4, -0.2) is 57.2 Å². The van der Waals surface area contributed by atoms with E-state index in [1.807, 2.05) is 24.9 Å². The number of fused-ring (bicyclic) bond motifs is 1. The second-order valence-corrected chi connectivity index (χ2v) is 6.80. The molecule has 8 nitrogen and oxygen atoms in total. The molecule has 0 bridgehead atoms. The number of likely N-dealkylation sites (tertiary alicyclic amines) is 1. The molecule has 0 spiro atoms. The highest BCUT2D eigenvalue weighted by Crippen LogP contribution is 2.22. The average Bonchev–Trinajstić information content (AvgIpc) is 2.93. The lowest BCUT2D eigenvalue weighted by molar-refractivity contribution is -0.121. The van der Waals surface area contributed by atoms with Gasteiger partial charge in [-0.1, -0.05) is 0 Å². The summed E-state index contributed by atoms with van der Waals surface area (Å²) in [6, 6.07) is 1.87. The van der Waals surface area contributed by atoms with E-state index in [2.05, 4.69) is 15.4 Å². The van der Waals surface area contributed by atoms with Gasteiger partial charge in [0.2, 0.25) is 5.91 Å². The maximum absolute atomic E-state index is 13.1. The molecule has 0 radical (unpaired) electrons. The van der Waals surface area contributed by atoms with Crippen LogP contribution in [0.4, 0.5) is 0 Å². The zero-order valence-electron chi connectivity index (χ0n) is 16.2. The molecule has 3 heterocycles. The summed E-state index contributed by atoms with van der Waals surface area (Å²) in [6.45, 7) is 3.40. The number of halogens is 2. The first-order chi connectivity index (χ1) is 12.5. The predicted molar refractivity (Wildman–Crippen MR) is 113 cm³/mol. The number of carbonyl (C=O) groups is 2. The topological polar surface area (TPSA) is 106 Å². The Morgan fingerprint density at radius 1 is 1.32 bits per heavy atom. The maximum atomic E-state index is 13.1. The summed E-state index contributed by atoms with van der Waals surface area (Å²) in [7, 11) is 1.84. The highest BCUT2D eigenvalue weighted by atomic mass is 35.5. The van der Waals surface area contributed by atoms with Crippen molar-refractivity contribution in [2.45, 2.75) is 38.6 Å². The van der Waals surface area contributed by atoms with Crippen molar-refractivity contribution in [3.8, 4) is 0 Å². The predicted octanol–water partition coefficient (Wildman–Crippen LogP) is 1.58. The van der Waals surface area contributed by atoms with E-state index in [1.165, 1.54) is 0 Å². The van der Waals surface area contributed by atoms with Crippen LogP contribution >= 0.6 is 24.8 Å². The first-order valence-corrected chi connectivity index (χ1v) is 9.08. The van der Waals surface area contributed by atoms with Crippen LogP contribution in [-0.2, 0) is 11.8 Å². The normalized spacial score (nSPS) is 16.2. The van der Waals surface area contributed by atoms with Crippen LogP contribution in [0.3, 0.4) is 0 Å². The summed E-state index contributed by atoms with van der Waals surface area (Å²) < 4.78 is 1.72. The summed E-state index contributed by atoms with van der Waals surface area (Å²) in [5, 5.41) is 8.14. The molecule has 0 aliphatic carbocycles. The number of nitrogens with two attached hydrogens (primary N) is 1. The minimum Gasteiger partial charge on any atom is -0.354 e. The molecule has 2 aromatic rings. The van der Waals surface area contributed by atoms with Crippen LogP contribution in [0.15, 0.2) is 12.3 Å². The van der Waals surface area contributed by atoms with Crippen LogP contribution in [0.25, 0.3) is 11.0 Å².